The highest BCUT2D eigenvalue weighted by atomic mass is 19.4. The quantitative estimate of drug-likeness (QED) is 0.931. The number of anilines is 1. The Hall–Kier alpha value is -1.86. The first-order valence-corrected chi connectivity index (χ1v) is 5.91. The van der Waals surface area contributed by atoms with Gasteiger partial charge in [0.1, 0.15) is 5.82 Å². The molecule has 0 bridgehead atoms. The summed E-state index contributed by atoms with van der Waals surface area (Å²) < 4.78 is 38.8. The van der Waals surface area contributed by atoms with Gasteiger partial charge in [-0.1, -0.05) is 6.92 Å². The third kappa shape index (κ3) is 2.34. The minimum Gasteiger partial charge on any atom is -0.368 e. The van der Waals surface area contributed by atoms with E-state index in [1.54, 1.807) is 6.07 Å². The van der Waals surface area contributed by atoms with E-state index in [2.05, 4.69) is 27.5 Å². The molecule has 0 aromatic carbocycles. The van der Waals surface area contributed by atoms with Crippen molar-refractivity contribution in [3.05, 3.63) is 18.0 Å². The summed E-state index contributed by atoms with van der Waals surface area (Å²) in [7, 11) is 0. The van der Waals surface area contributed by atoms with Gasteiger partial charge in [0.05, 0.1) is 0 Å². The van der Waals surface area contributed by atoms with Crippen molar-refractivity contribution in [2.24, 2.45) is 5.41 Å². The van der Waals surface area contributed by atoms with E-state index in [1.807, 2.05) is 0 Å². The first-order chi connectivity index (χ1) is 8.87. The van der Waals surface area contributed by atoms with Gasteiger partial charge < -0.3 is 5.32 Å². The summed E-state index contributed by atoms with van der Waals surface area (Å²) >= 11 is 0. The van der Waals surface area contributed by atoms with Gasteiger partial charge in [0.25, 0.3) is 5.82 Å². The lowest BCUT2D eigenvalue weighted by Crippen LogP contribution is -2.16. The van der Waals surface area contributed by atoms with Crippen LogP contribution < -0.4 is 5.32 Å². The van der Waals surface area contributed by atoms with E-state index in [9.17, 15) is 13.2 Å². The first-order valence-electron chi connectivity index (χ1n) is 5.91. The highest BCUT2D eigenvalue weighted by Crippen LogP contribution is 2.44. The molecule has 0 saturated heterocycles. The van der Waals surface area contributed by atoms with Crippen LogP contribution in [0.3, 0.4) is 0 Å². The highest BCUT2D eigenvalue weighted by molar-refractivity contribution is 5.44. The molecule has 0 unspecified atom stereocenters. The fourth-order valence-corrected chi connectivity index (χ4v) is 1.75. The summed E-state index contributed by atoms with van der Waals surface area (Å²) in [6.45, 7) is 2.83. The van der Waals surface area contributed by atoms with Gasteiger partial charge >= 0.3 is 6.18 Å². The van der Waals surface area contributed by atoms with Crippen LogP contribution in [0.25, 0.3) is 5.65 Å². The molecule has 1 aliphatic carbocycles. The number of nitrogens with one attached hydrogen (secondary N) is 1. The first kappa shape index (κ1) is 12.2. The standard InChI is InChI=1S/C11H12F3N5/c1-10(4-5-10)6-15-7-2-3-8-16-17-9(11(12,13)14)19(8)18-7/h2-3H,4-6H2,1H3,(H,15,18). The average molecular weight is 271 g/mol. The molecule has 0 atom stereocenters. The van der Waals surface area contributed by atoms with Crippen LogP contribution in [0.5, 0.6) is 0 Å². The zero-order valence-corrected chi connectivity index (χ0v) is 10.2. The summed E-state index contributed by atoms with van der Waals surface area (Å²) in [6, 6.07) is 3.07. The molecule has 3 rings (SSSR count). The molecule has 1 fully saturated rings. The van der Waals surface area contributed by atoms with Crippen molar-refractivity contribution in [1.29, 1.82) is 0 Å². The van der Waals surface area contributed by atoms with E-state index in [-0.39, 0.29) is 11.1 Å². The van der Waals surface area contributed by atoms with Gasteiger partial charge in [-0.25, -0.2) is 0 Å². The van der Waals surface area contributed by atoms with E-state index in [4.69, 9.17) is 0 Å². The molecule has 0 radical (unpaired) electrons. The van der Waals surface area contributed by atoms with Gasteiger partial charge in [-0.05, 0) is 30.4 Å². The lowest BCUT2D eigenvalue weighted by Gasteiger charge is -2.11. The normalized spacial score (nSPS) is 17.7. The second-order valence-corrected chi connectivity index (χ2v) is 5.17. The fraction of sp³-hybridized carbons (Fsp3) is 0.545. The third-order valence-corrected chi connectivity index (χ3v) is 3.32. The van der Waals surface area contributed by atoms with Gasteiger partial charge in [0.2, 0.25) is 0 Å². The predicted octanol–water partition coefficient (Wildman–Crippen LogP) is 2.36. The summed E-state index contributed by atoms with van der Waals surface area (Å²) in [6.07, 6.45) is -2.31. The number of hydrogen-bond donors (Lipinski definition) is 1. The number of rotatable bonds is 3. The van der Waals surface area contributed by atoms with Crippen LogP contribution >= 0.6 is 0 Å². The molecule has 2 heterocycles. The molecule has 1 N–H and O–H groups in total. The lowest BCUT2D eigenvalue weighted by molar-refractivity contribution is -0.146. The summed E-state index contributed by atoms with van der Waals surface area (Å²) in [4.78, 5) is 0. The minimum atomic E-state index is -4.56. The number of nitrogens with zero attached hydrogens (tertiary/aromatic N) is 4. The maximum atomic E-state index is 12.7. The molecule has 102 valence electrons. The van der Waals surface area contributed by atoms with E-state index < -0.39 is 12.0 Å². The van der Waals surface area contributed by atoms with Crippen LogP contribution in [0.1, 0.15) is 25.6 Å². The van der Waals surface area contributed by atoms with Crippen molar-refractivity contribution in [3.8, 4) is 0 Å². The smallest absolute Gasteiger partial charge is 0.368 e. The topological polar surface area (TPSA) is 55.1 Å². The van der Waals surface area contributed by atoms with E-state index in [1.165, 1.54) is 6.07 Å². The largest absolute Gasteiger partial charge is 0.453 e. The Morgan fingerprint density at radius 1 is 1.32 bits per heavy atom. The van der Waals surface area contributed by atoms with Crippen molar-refractivity contribution in [3.63, 3.8) is 0 Å². The number of aromatic nitrogens is 4. The molecule has 0 amide bonds. The summed E-state index contributed by atoms with van der Waals surface area (Å²) in [5.74, 6) is -0.713. The highest BCUT2D eigenvalue weighted by Gasteiger charge is 2.38. The average Bonchev–Trinajstić information content (AvgIpc) is 2.90. The van der Waals surface area contributed by atoms with Crippen LogP contribution in [0.15, 0.2) is 12.1 Å². The molecular weight excluding hydrogens is 259 g/mol. The lowest BCUT2D eigenvalue weighted by atomic mass is 10.1. The van der Waals surface area contributed by atoms with Gasteiger partial charge in [-0.15, -0.1) is 15.3 Å². The second-order valence-electron chi connectivity index (χ2n) is 5.17. The van der Waals surface area contributed by atoms with Crippen LogP contribution in [0, 0.1) is 5.41 Å². The maximum Gasteiger partial charge on any atom is 0.453 e. The van der Waals surface area contributed by atoms with Crippen molar-refractivity contribution in [2.45, 2.75) is 25.9 Å². The number of hydrogen-bond acceptors (Lipinski definition) is 4. The van der Waals surface area contributed by atoms with Crippen LogP contribution in [0.4, 0.5) is 19.0 Å². The Kier molecular flexibility index (Phi) is 2.45. The zero-order chi connectivity index (χ0) is 13.7. The van der Waals surface area contributed by atoms with Gasteiger partial charge in [-0.3, -0.25) is 0 Å². The van der Waals surface area contributed by atoms with Crippen molar-refractivity contribution in [2.75, 3.05) is 11.9 Å². The predicted molar refractivity (Wildman–Crippen MR) is 61.6 cm³/mol. The van der Waals surface area contributed by atoms with E-state index in [0.29, 0.717) is 12.4 Å². The van der Waals surface area contributed by atoms with Crippen LogP contribution in [-0.4, -0.2) is 26.4 Å². The molecule has 1 aliphatic rings. The Balaban J connectivity index is 1.90. The van der Waals surface area contributed by atoms with E-state index >= 15 is 0 Å². The maximum absolute atomic E-state index is 12.7. The number of fused-ring (bicyclic) bond motifs is 1. The molecular formula is C11H12F3N5. The van der Waals surface area contributed by atoms with Crippen molar-refractivity contribution < 1.29 is 13.2 Å². The summed E-state index contributed by atoms with van der Waals surface area (Å²) in [5, 5.41) is 13.5. The van der Waals surface area contributed by atoms with Crippen molar-refractivity contribution in [1.82, 2.24) is 19.8 Å². The van der Waals surface area contributed by atoms with E-state index in [0.717, 1.165) is 17.4 Å². The molecule has 8 heteroatoms. The van der Waals surface area contributed by atoms with Crippen LogP contribution in [0.2, 0.25) is 0 Å². The SMILES string of the molecule is CC1(CNc2ccc3nnc(C(F)(F)F)n3n2)CC1. The Labute approximate surface area is 106 Å². The molecule has 19 heavy (non-hydrogen) atoms. The van der Waals surface area contributed by atoms with Gasteiger partial charge in [0, 0.05) is 6.54 Å². The molecule has 0 aliphatic heterocycles. The van der Waals surface area contributed by atoms with Gasteiger partial charge in [0.15, 0.2) is 5.65 Å². The Morgan fingerprint density at radius 3 is 2.68 bits per heavy atom. The second kappa shape index (κ2) is 3.82. The monoisotopic (exact) mass is 271 g/mol. The Morgan fingerprint density at radius 2 is 2.05 bits per heavy atom. The molecule has 5 nitrogen and oxygen atoms in total. The third-order valence-electron chi connectivity index (χ3n) is 3.32. The molecule has 0 spiro atoms. The zero-order valence-electron chi connectivity index (χ0n) is 10.2. The Bertz CT molecular complexity index is 614. The number of alkyl halides is 3. The summed E-state index contributed by atoms with van der Waals surface area (Å²) in [5.41, 5.74) is 0.326. The van der Waals surface area contributed by atoms with Crippen LogP contribution in [-0.2, 0) is 6.18 Å². The van der Waals surface area contributed by atoms with Gasteiger partial charge in [-0.2, -0.15) is 17.7 Å². The molecule has 2 aromatic rings. The van der Waals surface area contributed by atoms with Crippen molar-refractivity contribution >= 4 is 11.5 Å². The number of halogens is 3. The fourth-order valence-electron chi connectivity index (χ4n) is 1.75. The molecule has 2 aromatic heterocycles. The minimum absolute atomic E-state index is 0.0792. The molecule has 1 saturated carbocycles.